The monoisotopic (exact) mass is 297 g/mol. The third-order valence-corrected chi connectivity index (χ3v) is 4.34. The van der Waals surface area contributed by atoms with E-state index in [-0.39, 0.29) is 5.54 Å². The van der Waals surface area contributed by atoms with Gasteiger partial charge in [0.05, 0.1) is 0 Å². The van der Waals surface area contributed by atoms with Gasteiger partial charge in [-0.05, 0) is 39.1 Å². The lowest BCUT2D eigenvalue weighted by Crippen LogP contribution is -2.58. The van der Waals surface area contributed by atoms with Crippen LogP contribution in [0.15, 0.2) is 18.2 Å². The first-order chi connectivity index (χ1) is 8.81. The van der Waals surface area contributed by atoms with Gasteiger partial charge in [0.1, 0.15) is 4.99 Å². The van der Waals surface area contributed by atoms with Crippen LogP contribution in [-0.2, 0) is 0 Å². The molecule has 0 spiro atoms. The number of benzene rings is 1. The minimum atomic E-state index is 0.119. The van der Waals surface area contributed by atoms with Gasteiger partial charge in [-0.15, -0.1) is 0 Å². The van der Waals surface area contributed by atoms with Gasteiger partial charge in [0.25, 0.3) is 0 Å². The van der Waals surface area contributed by atoms with Crippen molar-refractivity contribution in [2.75, 3.05) is 31.6 Å². The van der Waals surface area contributed by atoms with Gasteiger partial charge in [-0.2, -0.15) is 0 Å². The maximum Gasteiger partial charge on any atom is 0.106 e. The van der Waals surface area contributed by atoms with Crippen LogP contribution >= 0.6 is 23.8 Å². The van der Waals surface area contributed by atoms with Gasteiger partial charge < -0.3 is 10.6 Å². The second-order valence-corrected chi connectivity index (χ2v) is 6.56. The molecule has 1 heterocycles. The lowest BCUT2D eigenvalue weighted by atomic mass is 9.98. The molecule has 0 bridgehead atoms. The number of rotatable bonds is 2. The van der Waals surface area contributed by atoms with Crippen molar-refractivity contribution in [3.63, 3.8) is 0 Å². The standard InChI is InChI=1S/C14H20ClN3S/c1-14(2)9-18(7-6-17(14)3)12-8-10(15)4-5-11(12)13(16)19/h4-5,8H,6-7,9H2,1-3H3,(H2,16,19). The van der Waals surface area contributed by atoms with Crippen LogP contribution in [0.25, 0.3) is 0 Å². The maximum absolute atomic E-state index is 6.12. The molecule has 1 fully saturated rings. The third-order valence-electron chi connectivity index (χ3n) is 3.88. The van der Waals surface area contributed by atoms with Gasteiger partial charge in [-0.1, -0.05) is 23.8 Å². The van der Waals surface area contributed by atoms with Crippen molar-refractivity contribution in [1.29, 1.82) is 0 Å². The number of anilines is 1. The second kappa shape index (κ2) is 5.27. The summed E-state index contributed by atoms with van der Waals surface area (Å²) in [5.41, 5.74) is 7.88. The Morgan fingerprint density at radius 1 is 1.37 bits per heavy atom. The largest absolute Gasteiger partial charge is 0.389 e. The molecule has 1 aliphatic heterocycles. The number of nitrogens with zero attached hydrogens (tertiary/aromatic N) is 2. The van der Waals surface area contributed by atoms with Gasteiger partial charge >= 0.3 is 0 Å². The molecule has 0 unspecified atom stereocenters. The molecule has 3 nitrogen and oxygen atoms in total. The first kappa shape index (κ1) is 14.6. The average Bonchev–Trinajstić information content (AvgIpc) is 2.32. The fourth-order valence-electron chi connectivity index (χ4n) is 2.42. The minimum Gasteiger partial charge on any atom is -0.389 e. The Morgan fingerprint density at radius 3 is 2.63 bits per heavy atom. The quantitative estimate of drug-likeness (QED) is 0.850. The fourth-order valence-corrected chi connectivity index (χ4v) is 2.76. The molecule has 1 saturated heterocycles. The summed E-state index contributed by atoms with van der Waals surface area (Å²) in [6.07, 6.45) is 0. The number of hydrogen-bond donors (Lipinski definition) is 1. The second-order valence-electron chi connectivity index (χ2n) is 5.68. The highest BCUT2D eigenvalue weighted by molar-refractivity contribution is 7.80. The molecule has 0 radical (unpaired) electrons. The zero-order chi connectivity index (χ0) is 14.2. The molecule has 0 saturated carbocycles. The number of likely N-dealkylation sites (N-methyl/N-ethyl adjacent to an activating group) is 1. The molecule has 0 aromatic heterocycles. The zero-order valence-electron chi connectivity index (χ0n) is 11.6. The Hall–Kier alpha value is -0.840. The molecule has 1 aliphatic rings. The van der Waals surface area contributed by atoms with Gasteiger partial charge in [0, 0.05) is 41.4 Å². The van der Waals surface area contributed by atoms with Gasteiger partial charge in [0.2, 0.25) is 0 Å². The van der Waals surface area contributed by atoms with Crippen molar-refractivity contribution >= 4 is 34.5 Å². The number of halogens is 1. The predicted molar refractivity (Wildman–Crippen MR) is 86.3 cm³/mol. The average molecular weight is 298 g/mol. The normalized spacial score (nSPS) is 19.5. The topological polar surface area (TPSA) is 32.5 Å². The van der Waals surface area contributed by atoms with E-state index in [4.69, 9.17) is 29.6 Å². The summed E-state index contributed by atoms with van der Waals surface area (Å²) >= 11 is 11.3. The molecular formula is C14H20ClN3S. The Morgan fingerprint density at radius 2 is 2.05 bits per heavy atom. The smallest absolute Gasteiger partial charge is 0.106 e. The van der Waals surface area contributed by atoms with Crippen LogP contribution in [0.2, 0.25) is 5.02 Å². The van der Waals surface area contributed by atoms with Crippen LogP contribution < -0.4 is 10.6 Å². The fraction of sp³-hybridized carbons (Fsp3) is 0.500. The highest BCUT2D eigenvalue weighted by atomic mass is 35.5. The van der Waals surface area contributed by atoms with Crippen LogP contribution in [0.4, 0.5) is 5.69 Å². The molecule has 2 rings (SSSR count). The van der Waals surface area contributed by atoms with Crippen molar-refractivity contribution in [1.82, 2.24) is 4.90 Å². The summed E-state index contributed by atoms with van der Waals surface area (Å²) in [4.78, 5) is 5.11. The van der Waals surface area contributed by atoms with E-state index in [2.05, 4.69) is 30.7 Å². The third kappa shape index (κ3) is 3.02. The van der Waals surface area contributed by atoms with E-state index in [1.807, 2.05) is 18.2 Å². The van der Waals surface area contributed by atoms with Gasteiger partial charge in [-0.3, -0.25) is 4.90 Å². The van der Waals surface area contributed by atoms with Crippen LogP contribution in [0.1, 0.15) is 19.4 Å². The molecule has 19 heavy (non-hydrogen) atoms. The maximum atomic E-state index is 6.12. The molecule has 0 aliphatic carbocycles. The van der Waals surface area contributed by atoms with E-state index in [0.29, 0.717) is 10.0 Å². The van der Waals surface area contributed by atoms with Crippen molar-refractivity contribution in [3.05, 3.63) is 28.8 Å². The SMILES string of the molecule is CN1CCN(c2cc(Cl)ccc2C(N)=S)CC1(C)C. The Balaban J connectivity index is 2.36. The Labute approximate surface area is 125 Å². The van der Waals surface area contributed by atoms with Gasteiger partial charge in [-0.25, -0.2) is 0 Å². The summed E-state index contributed by atoms with van der Waals surface area (Å²) in [6, 6.07) is 5.70. The van der Waals surface area contributed by atoms with Gasteiger partial charge in [0.15, 0.2) is 0 Å². The molecule has 104 valence electrons. The molecule has 1 aromatic rings. The molecular weight excluding hydrogens is 278 g/mol. The molecule has 0 amide bonds. The summed E-state index contributed by atoms with van der Waals surface area (Å²) in [5.74, 6) is 0. The first-order valence-corrected chi connectivity index (χ1v) is 7.15. The van der Waals surface area contributed by atoms with Crippen LogP contribution in [-0.4, -0.2) is 42.1 Å². The Kier molecular flexibility index (Phi) is 4.04. The number of piperazine rings is 1. The summed E-state index contributed by atoms with van der Waals surface area (Å²) < 4.78 is 0. The van der Waals surface area contributed by atoms with E-state index in [9.17, 15) is 0 Å². The minimum absolute atomic E-state index is 0.119. The van der Waals surface area contributed by atoms with Crippen molar-refractivity contribution < 1.29 is 0 Å². The number of hydrogen-bond acceptors (Lipinski definition) is 3. The van der Waals surface area contributed by atoms with E-state index >= 15 is 0 Å². The molecule has 1 aromatic carbocycles. The molecule has 5 heteroatoms. The van der Waals surface area contributed by atoms with Crippen LogP contribution in [0.3, 0.4) is 0 Å². The molecule has 0 atom stereocenters. The van der Waals surface area contributed by atoms with E-state index in [0.717, 1.165) is 30.9 Å². The lowest BCUT2D eigenvalue weighted by Gasteiger charge is -2.46. The van der Waals surface area contributed by atoms with Crippen molar-refractivity contribution in [3.8, 4) is 0 Å². The lowest BCUT2D eigenvalue weighted by molar-refractivity contribution is 0.139. The Bertz CT molecular complexity index is 501. The zero-order valence-corrected chi connectivity index (χ0v) is 13.2. The number of nitrogens with two attached hydrogens (primary N) is 1. The van der Waals surface area contributed by atoms with Crippen molar-refractivity contribution in [2.24, 2.45) is 5.73 Å². The highest BCUT2D eigenvalue weighted by Crippen LogP contribution is 2.29. The van der Waals surface area contributed by atoms with Crippen molar-refractivity contribution in [2.45, 2.75) is 19.4 Å². The summed E-state index contributed by atoms with van der Waals surface area (Å²) in [6.45, 7) is 7.37. The van der Waals surface area contributed by atoms with E-state index < -0.39 is 0 Å². The van der Waals surface area contributed by atoms with E-state index in [1.165, 1.54) is 0 Å². The van der Waals surface area contributed by atoms with E-state index in [1.54, 1.807) is 0 Å². The highest BCUT2D eigenvalue weighted by Gasteiger charge is 2.32. The first-order valence-electron chi connectivity index (χ1n) is 6.37. The summed E-state index contributed by atoms with van der Waals surface area (Å²) in [5, 5.41) is 0.715. The van der Waals surface area contributed by atoms with Crippen LogP contribution in [0, 0.1) is 0 Å². The number of thiocarbonyl (C=S) groups is 1. The summed E-state index contributed by atoms with van der Waals surface area (Å²) in [7, 11) is 2.16. The molecule has 2 N–H and O–H groups in total. The predicted octanol–water partition coefficient (Wildman–Crippen LogP) is 2.50. The van der Waals surface area contributed by atoms with Crippen LogP contribution in [0.5, 0.6) is 0 Å².